The Morgan fingerprint density at radius 3 is 1.38 bits per heavy atom. The summed E-state index contributed by atoms with van der Waals surface area (Å²) in [5, 5.41) is 0. The maximum Gasteiger partial charge on any atom is 0.523 e. The highest BCUT2D eigenvalue weighted by atomic mass is 32.2. The van der Waals surface area contributed by atoms with E-state index in [1.54, 1.807) is 0 Å². The Hall–Kier alpha value is -0.600. The van der Waals surface area contributed by atoms with Crippen LogP contribution in [0.1, 0.15) is 58.3 Å². The molecule has 0 unspecified atom stereocenters. The predicted molar refractivity (Wildman–Crippen MR) is 78.5 cm³/mol. The first kappa shape index (κ1) is 25.4. The Morgan fingerprint density at radius 1 is 0.692 bits per heavy atom. The molecule has 26 heavy (non-hydrogen) atoms. The molecule has 0 bridgehead atoms. The lowest BCUT2D eigenvalue weighted by Crippen LogP contribution is -2.36. The van der Waals surface area contributed by atoms with E-state index in [0.29, 0.717) is 12.8 Å². The topological polar surface area (TPSA) is 86.7 Å². The van der Waals surface area contributed by atoms with E-state index in [2.05, 4.69) is 8.37 Å². The van der Waals surface area contributed by atoms with Crippen LogP contribution in [0.5, 0.6) is 0 Å². The van der Waals surface area contributed by atoms with Crippen molar-refractivity contribution in [2.24, 2.45) is 0 Å². The fourth-order valence-corrected chi connectivity index (χ4v) is 2.88. The molecule has 0 saturated carbocycles. The Bertz CT molecular complexity index is 565. The molecule has 0 N–H and O–H groups in total. The normalized spacial score (nSPS) is 14.2. The monoisotopic (exact) mass is 438 g/mol. The van der Waals surface area contributed by atoms with Crippen molar-refractivity contribution in [1.82, 2.24) is 0 Å². The van der Waals surface area contributed by atoms with Crippen molar-refractivity contribution in [2.45, 2.75) is 75.6 Å². The highest BCUT2D eigenvalue weighted by Crippen LogP contribution is 2.31. The van der Waals surface area contributed by atoms with E-state index in [-0.39, 0.29) is 6.42 Å². The van der Waals surface area contributed by atoms with Gasteiger partial charge in [0.25, 0.3) is 0 Å². The SMILES string of the molecule is CCCCCCCCCC(OS(=O)(=O)C(F)(F)F)OS(=O)(=O)C(F)(F)F. The minimum absolute atomic E-state index is 0.0858. The van der Waals surface area contributed by atoms with Gasteiger partial charge in [0, 0.05) is 6.42 Å². The van der Waals surface area contributed by atoms with E-state index < -0.39 is 44.0 Å². The third-order valence-corrected chi connectivity index (χ3v) is 5.15. The van der Waals surface area contributed by atoms with E-state index in [1.165, 1.54) is 0 Å². The van der Waals surface area contributed by atoms with Crippen molar-refractivity contribution in [3.63, 3.8) is 0 Å². The molecule has 0 aliphatic heterocycles. The van der Waals surface area contributed by atoms with Crippen LogP contribution in [-0.2, 0) is 28.6 Å². The molecule has 0 aliphatic carbocycles. The maximum absolute atomic E-state index is 12.3. The standard InChI is InChI=1S/C12H20F6O6S2/c1-2-3-4-5-6-7-8-9-10(23-25(19,20)11(13,14)15)24-26(21,22)12(16,17)18/h10H,2-9H2,1H3. The fraction of sp³-hybridized carbons (Fsp3) is 1.00. The van der Waals surface area contributed by atoms with Crippen molar-refractivity contribution >= 4 is 20.2 Å². The predicted octanol–water partition coefficient (Wildman–Crippen LogP) is 4.19. The third kappa shape index (κ3) is 8.86. The lowest BCUT2D eigenvalue weighted by molar-refractivity contribution is -0.0878. The summed E-state index contributed by atoms with van der Waals surface area (Å²) in [5.74, 6) is 0. The lowest BCUT2D eigenvalue weighted by atomic mass is 10.1. The van der Waals surface area contributed by atoms with Gasteiger partial charge in [0.15, 0.2) is 6.29 Å². The molecule has 0 spiro atoms. The van der Waals surface area contributed by atoms with Crippen molar-refractivity contribution in [3.05, 3.63) is 0 Å². The molecule has 0 aromatic heterocycles. The van der Waals surface area contributed by atoms with Crippen molar-refractivity contribution in [2.75, 3.05) is 0 Å². The molecule has 6 nitrogen and oxygen atoms in total. The molecule has 0 amide bonds. The number of rotatable bonds is 12. The van der Waals surface area contributed by atoms with Crippen LogP contribution in [0.4, 0.5) is 26.3 Å². The van der Waals surface area contributed by atoms with Crippen LogP contribution in [0, 0.1) is 0 Å². The molecule has 14 heteroatoms. The minimum atomic E-state index is -6.33. The number of hydrogen-bond acceptors (Lipinski definition) is 6. The summed E-state index contributed by atoms with van der Waals surface area (Å²) in [7, 11) is -12.7. The van der Waals surface area contributed by atoms with Crippen LogP contribution in [-0.4, -0.2) is 34.1 Å². The highest BCUT2D eigenvalue weighted by Gasteiger charge is 2.52. The second-order valence-electron chi connectivity index (χ2n) is 5.33. The van der Waals surface area contributed by atoms with Crippen molar-refractivity contribution in [3.8, 4) is 0 Å². The van der Waals surface area contributed by atoms with Gasteiger partial charge in [-0.15, -0.1) is 0 Å². The van der Waals surface area contributed by atoms with Gasteiger partial charge in [-0.25, -0.2) is 8.37 Å². The van der Waals surface area contributed by atoms with Gasteiger partial charge < -0.3 is 0 Å². The van der Waals surface area contributed by atoms with Gasteiger partial charge in [-0.2, -0.15) is 43.2 Å². The van der Waals surface area contributed by atoms with Crippen LogP contribution in [0.15, 0.2) is 0 Å². The van der Waals surface area contributed by atoms with Crippen LogP contribution >= 0.6 is 0 Å². The number of unbranched alkanes of at least 4 members (excludes halogenated alkanes) is 6. The van der Waals surface area contributed by atoms with E-state index in [4.69, 9.17) is 0 Å². The number of hydrogen-bond donors (Lipinski definition) is 0. The van der Waals surface area contributed by atoms with Crippen LogP contribution in [0.2, 0.25) is 0 Å². The average Bonchev–Trinajstić information content (AvgIpc) is 2.43. The van der Waals surface area contributed by atoms with E-state index in [1.807, 2.05) is 6.92 Å². The number of alkyl halides is 6. The van der Waals surface area contributed by atoms with Gasteiger partial charge in [-0.1, -0.05) is 45.4 Å². The molecule has 0 atom stereocenters. The summed E-state index contributed by atoms with van der Waals surface area (Å²) in [6, 6.07) is 0. The largest absolute Gasteiger partial charge is 0.523 e. The van der Waals surface area contributed by atoms with Gasteiger partial charge in [0.05, 0.1) is 0 Å². The maximum atomic E-state index is 12.3. The van der Waals surface area contributed by atoms with Crippen LogP contribution in [0.3, 0.4) is 0 Å². The average molecular weight is 438 g/mol. The Labute approximate surface area is 148 Å². The quantitative estimate of drug-likeness (QED) is 0.149. The second kappa shape index (κ2) is 10.1. The summed E-state index contributed by atoms with van der Waals surface area (Å²) in [6.45, 7) is 1.97. The van der Waals surface area contributed by atoms with Crippen LogP contribution < -0.4 is 0 Å². The van der Waals surface area contributed by atoms with Crippen molar-refractivity contribution < 1.29 is 51.5 Å². The first-order chi connectivity index (χ1) is 11.6. The van der Waals surface area contributed by atoms with Gasteiger partial charge in [-0.05, 0) is 6.42 Å². The first-order valence-corrected chi connectivity index (χ1v) is 10.4. The molecular formula is C12H20F6O6S2. The summed E-state index contributed by atoms with van der Waals surface area (Å²) in [4.78, 5) is 0. The molecule has 0 fully saturated rings. The summed E-state index contributed by atoms with van der Waals surface area (Å²) >= 11 is 0. The van der Waals surface area contributed by atoms with Gasteiger partial charge in [0.2, 0.25) is 0 Å². The second-order valence-corrected chi connectivity index (χ2v) is 8.46. The molecule has 158 valence electrons. The summed E-state index contributed by atoms with van der Waals surface area (Å²) < 4.78 is 124. The summed E-state index contributed by atoms with van der Waals surface area (Å²) in [5.41, 5.74) is -11.9. The summed E-state index contributed by atoms with van der Waals surface area (Å²) in [6.07, 6.45) is 0.867. The van der Waals surface area contributed by atoms with Gasteiger partial charge in [0.1, 0.15) is 0 Å². The molecule has 0 radical (unpaired) electrons. The number of halogens is 6. The molecule has 0 aromatic rings. The Morgan fingerprint density at radius 2 is 1.04 bits per heavy atom. The molecule has 0 saturated heterocycles. The smallest absolute Gasteiger partial charge is 0.230 e. The van der Waals surface area contributed by atoms with E-state index in [0.717, 1.165) is 25.7 Å². The first-order valence-electron chi connectivity index (χ1n) is 7.63. The zero-order valence-electron chi connectivity index (χ0n) is 13.8. The fourth-order valence-electron chi connectivity index (χ4n) is 1.77. The molecule has 0 heterocycles. The molecule has 0 aromatic carbocycles. The highest BCUT2D eigenvalue weighted by molar-refractivity contribution is 7.88. The molecule has 0 rings (SSSR count). The van der Waals surface area contributed by atoms with E-state index in [9.17, 15) is 43.2 Å². The minimum Gasteiger partial charge on any atom is -0.230 e. The third-order valence-electron chi connectivity index (χ3n) is 3.08. The zero-order valence-corrected chi connectivity index (χ0v) is 15.4. The lowest BCUT2D eigenvalue weighted by Gasteiger charge is -2.19. The molecular weight excluding hydrogens is 418 g/mol. The van der Waals surface area contributed by atoms with Gasteiger partial charge >= 0.3 is 31.3 Å². The Kier molecular flexibility index (Phi) is 9.85. The zero-order chi connectivity index (χ0) is 20.6. The van der Waals surface area contributed by atoms with Gasteiger partial charge in [-0.3, -0.25) is 0 Å². The van der Waals surface area contributed by atoms with E-state index >= 15 is 0 Å². The van der Waals surface area contributed by atoms with Crippen molar-refractivity contribution in [1.29, 1.82) is 0 Å². The molecule has 0 aliphatic rings. The van der Waals surface area contributed by atoms with Crippen LogP contribution in [0.25, 0.3) is 0 Å². The Balaban J connectivity index is 4.92.